The monoisotopic (exact) mass is 295 g/mol. The Bertz CT molecular complexity index is 570. The van der Waals surface area contributed by atoms with Gasteiger partial charge in [0.2, 0.25) is 0 Å². The van der Waals surface area contributed by atoms with Crippen molar-refractivity contribution in [3.05, 3.63) is 11.9 Å². The van der Waals surface area contributed by atoms with Crippen molar-refractivity contribution in [2.45, 2.75) is 19.0 Å². The molecule has 7 nitrogen and oxygen atoms in total. The van der Waals surface area contributed by atoms with Crippen LogP contribution in [0.3, 0.4) is 0 Å². The number of H-pyrrole nitrogens is 1. The maximum atomic E-state index is 12.6. The number of aromatic amines is 1. The van der Waals surface area contributed by atoms with Gasteiger partial charge in [0.25, 0.3) is 5.89 Å². The molecule has 0 aliphatic heterocycles. The van der Waals surface area contributed by atoms with Gasteiger partial charge in [0, 0.05) is 6.07 Å². The van der Waals surface area contributed by atoms with E-state index in [0.717, 1.165) is 0 Å². The van der Waals surface area contributed by atoms with Crippen LogP contribution in [0, 0.1) is 0 Å². The van der Waals surface area contributed by atoms with Crippen LogP contribution in [0.5, 0.6) is 0 Å². The van der Waals surface area contributed by atoms with E-state index in [9.17, 15) is 17.6 Å². The van der Waals surface area contributed by atoms with Gasteiger partial charge in [0.1, 0.15) is 24.7 Å². The number of halogens is 4. The minimum absolute atomic E-state index is 0.0217. The van der Waals surface area contributed by atoms with Crippen LogP contribution in [0.4, 0.5) is 23.4 Å². The summed E-state index contributed by atoms with van der Waals surface area (Å²) in [5.74, 6) is -4.07. The summed E-state index contributed by atoms with van der Waals surface area (Å²) < 4.78 is 58.1. The summed E-state index contributed by atoms with van der Waals surface area (Å²) in [6, 6.07) is 1.42. The first-order chi connectivity index (χ1) is 9.38. The second-order valence-electron chi connectivity index (χ2n) is 3.78. The number of hydrogen-bond donors (Lipinski definition) is 2. The number of alkyl halides is 4. The Labute approximate surface area is 109 Å². The molecule has 0 fully saturated rings. The molecule has 3 N–H and O–H groups in total. The van der Waals surface area contributed by atoms with Crippen molar-refractivity contribution >= 4 is 5.82 Å². The summed E-state index contributed by atoms with van der Waals surface area (Å²) in [6.45, 7) is -1.93. The zero-order chi connectivity index (χ0) is 14.8. The molecule has 0 saturated heterocycles. The molecular weight excluding hydrogens is 286 g/mol. The summed E-state index contributed by atoms with van der Waals surface area (Å²) >= 11 is 0. The van der Waals surface area contributed by atoms with Crippen molar-refractivity contribution in [2.75, 3.05) is 12.3 Å². The summed E-state index contributed by atoms with van der Waals surface area (Å²) in [5.41, 5.74) is 5.70. The smallest absolute Gasteiger partial charge is 0.330 e. The molecule has 0 atom stereocenters. The van der Waals surface area contributed by atoms with Crippen molar-refractivity contribution in [2.24, 2.45) is 0 Å². The van der Waals surface area contributed by atoms with Crippen LogP contribution in [0.2, 0.25) is 0 Å². The Hall–Kier alpha value is -2.17. The largest absolute Gasteiger partial charge is 0.382 e. The van der Waals surface area contributed by atoms with E-state index in [1.165, 1.54) is 6.07 Å². The van der Waals surface area contributed by atoms with Gasteiger partial charge < -0.3 is 15.0 Å². The fourth-order valence-corrected chi connectivity index (χ4v) is 1.21. The lowest BCUT2D eigenvalue weighted by molar-refractivity contribution is -0.168. The number of anilines is 1. The molecule has 110 valence electrons. The van der Waals surface area contributed by atoms with Crippen molar-refractivity contribution in [1.82, 2.24) is 20.3 Å². The molecule has 2 aromatic rings. The van der Waals surface area contributed by atoms with E-state index < -0.39 is 25.6 Å². The topological polar surface area (TPSA) is 103 Å². The highest BCUT2D eigenvalue weighted by Gasteiger charge is 2.41. The van der Waals surface area contributed by atoms with Gasteiger partial charge in [-0.25, -0.2) is 8.78 Å². The van der Waals surface area contributed by atoms with Crippen LogP contribution in [0.15, 0.2) is 10.6 Å². The molecule has 0 aromatic carbocycles. The molecule has 0 saturated carbocycles. The van der Waals surface area contributed by atoms with Gasteiger partial charge in [-0.05, 0) is 0 Å². The fourth-order valence-electron chi connectivity index (χ4n) is 1.21. The van der Waals surface area contributed by atoms with Gasteiger partial charge in [-0.3, -0.25) is 5.10 Å². The number of nitrogens with zero attached hydrogens (tertiary/aromatic N) is 3. The molecule has 0 radical (unpaired) electrons. The molecule has 20 heavy (non-hydrogen) atoms. The molecule has 2 rings (SSSR count). The van der Waals surface area contributed by atoms with E-state index >= 15 is 0 Å². The molecule has 0 amide bonds. The first-order valence-corrected chi connectivity index (χ1v) is 5.26. The summed E-state index contributed by atoms with van der Waals surface area (Å²) in [7, 11) is 0. The Morgan fingerprint density at radius 3 is 2.80 bits per heavy atom. The van der Waals surface area contributed by atoms with E-state index in [0.29, 0.717) is 5.69 Å². The maximum absolute atomic E-state index is 12.6. The van der Waals surface area contributed by atoms with Gasteiger partial charge in [-0.1, -0.05) is 5.16 Å². The third-order valence-electron chi connectivity index (χ3n) is 2.14. The average Bonchev–Trinajstić information content (AvgIpc) is 2.97. The normalized spacial score (nSPS) is 12.2. The zero-order valence-electron chi connectivity index (χ0n) is 9.82. The second-order valence-corrected chi connectivity index (χ2v) is 3.78. The highest BCUT2D eigenvalue weighted by atomic mass is 19.3. The molecular formula is C9H9F4N5O2. The lowest BCUT2D eigenvalue weighted by Crippen LogP contribution is -2.32. The van der Waals surface area contributed by atoms with Gasteiger partial charge in [0.05, 0.1) is 0 Å². The summed E-state index contributed by atoms with van der Waals surface area (Å²) in [6.07, 6.45) is -3.80. The van der Waals surface area contributed by atoms with Gasteiger partial charge in [-0.2, -0.15) is 18.9 Å². The van der Waals surface area contributed by atoms with E-state index in [-0.39, 0.29) is 17.5 Å². The van der Waals surface area contributed by atoms with Gasteiger partial charge >= 0.3 is 12.3 Å². The lowest BCUT2D eigenvalue weighted by Gasteiger charge is -2.14. The minimum Gasteiger partial charge on any atom is -0.382 e. The first-order valence-electron chi connectivity index (χ1n) is 5.26. The van der Waals surface area contributed by atoms with Crippen LogP contribution in [-0.2, 0) is 11.3 Å². The van der Waals surface area contributed by atoms with E-state index in [1.807, 2.05) is 0 Å². The number of ether oxygens (including phenoxy) is 1. The van der Waals surface area contributed by atoms with Crippen LogP contribution in [0.1, 0.15) is 5.82 Å². The quantitative estimate of drug-likeness (QED) is 0.782. The highest BCUT2D eigenvalue weighted by molar-refractivity contribution is 5.51. The SMILES string of the molecule is Nc1cc(-c2nc(COCC(F)(F)C(F)F)no2)[nH]n1. The Morgan fingerprint density at radius 2 is 2.20 bits per heavy atom. The standard InChI is InChI=1S/C9H9F4N5O2/c10-8(11)9(12,13)3-19-2-6-15-7(20-18-6)4-1-5(14)17-16-4/h1,8H,2-3H2,(H3,14,16,17). The third kappa shape index (κ3) is 3.23. The van der Waals surface area contributed by atoms with Crippen molar-refractivity contribution in [3.8, 4) is 11.6 Å². The predicted molar refractivity (Wildman–Crippen MR) is 56.9 cm³/mol. The predicted octanol–water partition coefficient (Wildman–Crippen LogP) is 1.46. The number of hydrogen-bond acceptors (Lipinski definition) is 6. The summed E-state index contributed by atoms with van der Waals surface area (Å²) in [4.78, 5) is 3.80. The zero-order valence-corrected chi connectivity index (χ0v) is 9.82. The van der Waals surface area contributed by atoms with E-state index in [4.69, 9.17) is 10.3 Å². The first kappa shape index (κ1) is 14.2. The molecule has 11 heteroatoms. The van der Waals surface area contributed by atoms with Crippen molar-refractivity contribution in [3.63, 3.8) is 0 Å². The van der Waals surface area contributed by atoms with Crippen molar-refractivity contribution < 1.29 is 26.8 Å². The highest BCUT2D eigenvalue weighted by Crippen LogP contribution is 2.23. The Morgan fingerprint density at radius 1 is 1.45 bits per heavy atom. The van der Waals surface area contributed by atoms with Crippen LogP contribution < -0.4 is 5.73 Å². The number of nitrogen functional groups attached to an aromatic ring is 1. The third-order valence-corrected chi connectivity index (χ3v) is 2.14. The summed E-state index contributed by atoms with van der Waals surface area (Å²) in [5, 5.41) is 9.56. The lowest BCUT2D eigenvalue weighted by atomic mass is 10.4. The average molecular weight is 295 g/mol. The van der Waals surface area contributed by atoms with Crippen LogP contribution in [-0.4, -0.2) is 39.3 Å². The van der Waals surface area contributed by atoms with Crippen LogP contribution >= 0.6 is 0 Å². The maximum Gasteiger partial charge on any atom is 0.330 e. The van der Waals surface area contributed by atoms with E-state index in [1.54, 1.807) is 0 Å². The molecule has 0 bridgehead atoms. The number of nitrogens with two attached hydrogens (primary N) is 1. The van der Waals surface area contributed by atoms with Gasteiger partial charge in [0.15, 0.2) is 5.82 Å². The Balaban J connectivity index is 1.91. The fraction of sp³-hybridized carbons (Fsp3) is 0.444. The number of rotatable bonds is 6. The minimum atomic E-state index is -4.22. The van der Waals surface area contributed by atoms with Crippen molar-refractivity contribution in [1.29, 1.82) is 0 Å². The van der Waals surface area contributed by atoms with Gasteiger partial charge in [-0.15, -0.1) is 0 Å². The molecule has 2 heterocycles. The molecule has 0 spiro atoms. The molecule has 2 aromatic heterocycles. The molecule has 0 aliphatic rings. The number of aromatic nitrogens is 4. The van der Waals surface area contributed by atoms with Crippen LogP contribution in [0.25, 0.3) is 11.6 Å². The molecule has 0 unspecified atom stereocenters. The Kier molecular flexibility index (Phi) is 3.88. The second kappa shape index (κ2) is 5.45. The van der Waals surface area contributed by atoms with E-state index in [2.05, 4.69) is 25.1 Å². The molecule has 0 aliphatic carbocycles. The number of nitrogens with one attached hydrogen (secondary N) is 1.